The van der Waals surface area contributed by atoms with Gasteiger partial charge in [0.2, 0.25) is 0 Å². The van der Waals surface area contributed by atoms with Gasteiger partial charge in [-0.05, 0) is 55.3 Å². The highest BCUT2D eigenvalue weighted by atomic mass is 79.9. The van der Waals surface area contributed by atoms with Crippen LogP contribution in [-0.4, -0.2) is 0 Å². The number of benzene rings is 2. The van der Waals surface area contributed by atoms with Crippen LogP contribution < -0.4 is 5.32 Å². The minimum atomic E-state index is -0.411. The molecule has 0 aliphatic rings. The molecule has 2 rings (SSSR count). The number of hydrogen-bond donors (Lipinski definition) is 1. The van der Waals surface area contributed by atoms with Crippen LogP contribution in [0, 0.1) is 31.0 Å². The first kappa shape index (κ1) is 13.6. The van der Waals surface area contributed by atoms with E-state index in [2.05, 4.69) is 21.2 Å². The smallest absolute Gasteiger partial charge is 0.124 e. The van der Waals surface area contributed by atoms with Gasteiger partial charge < -0.3 is 5.32 Å². The van der Waals surface area contributed by atoms with Gasteiger partial charge in [0.25, 0.3) is 0 Å². The summed E-state index contributed by atoms with van der Waals surface area (Å²) in [4.78, 5) is 0. The quantitative estimate of drug-likeness (QED) is 0.861. The molecule has 0 aliphatic carbocycles. The molecule has 1 N–H and O–H groups in total. The van der Waals surface area contributed by atoms with Crippen LogP contribution in [0.2, 0.25) is 0 Å². The molecule has 0 aromatic heterocycles. The molecule has 0 unspecified atom stereocenters. The number of nitriles is 1. The van der Waals surface area contributed by atoms with Gasteiger partial charge in [0.05, 0.1) is 11.3 Å². The van der Waals surface area contributed by atoms with Gasteiger partial charge in [0.15, 0.2) is 0 Å². The second kappa shape index (κ2) is 5.41. The van der Waals surface area contributed by atoms with Gasteiger partial charge in [-0.25, -0.2) is 4.39 Å². The molecule has 0 heterocycles. The standard InChI is InChI=1S/C15H12BrFN2/c1-9-5-12(16)6-10(2)15(9)19-14-4-3-13(17)7-11(14)8-18/h3-7,19H,1-2H3. The van der Waals surface area contributed by atoms with Gasteiger partial charge in [-0.2, -0.15) is 5.26 Å². The van der Waals surface area contributed by atoms with Gasteiger partial charge >= 0.3 is 0 Å². The third-order valence-electron chi connectivity index (χ3n) is 2.86. The zero-order chi connectivity index (χ0) is 14.0. The van der Waals surface area contributed by atoms with Gasteiger partial charge in [-0.1, -0.05) is 15.9 Å². The van der Waals surface area contributed by atoms with Crippen molar-refractivity contribution in [2.75, 3.05) is 5.32 Å². The molecule has 0 fully saturated rings. The molecule has 0 bridgehead atoms. The van der Waals surface area contributed by atoms with Crippen LogP contribution in [0.1, 0.15) is 16.7 Å². The van der Waals surface area contributed by atoms with Crippen molar-refractivity contribution in [3.63, 3.8) is 0 Å². The molecule has 0 radical (unpaired) electrons. The summed E-state index contributed by atoms with van der Waals surface area (Å²) in [5.74, 6) is -0.411. The molecule has 2 aromatic carbocycles. The van der Waals surface area contributed by atoms with E-state index in [4.69, 9.17) is 5.26 Å². The maximum Gasteiger partial charge on any atom is 0.124 e. The maximum absolute atomic E-state index is 13.1. The Morgan fingerprint density at radius 1 is 1.16 bits per heavy atom. The van der Waals surface area contributed by atoms with Gasteiger partial charge in [0.1, 0.15) is 11.9 Å². The fourth-order valence-electron chi connectivity index (χ4n) is 1.96. The summed E-state index contributed by atoms with van der Waals surface area (Å²) in [5.41, 5.74) is 3.95. The summed E-state index contributed by atoms with van der Waals surface area (Å²) < 4.78 is 14.1. The van der Waals surface area contributed by atoms with Gasteiger partial charge in [-0.15, -0.1) is 0 Å². The van der Waals surface area contributed by atoms with Crippen molar-refractivity contribution in [1.29, 1.82) is 5.26 Å². The third-order valence-corrected chi connectivity index (χ3v) is 3.32. The Labute approximate surface area is 120 Å². The van der Waals surface area contributed by atoms with E-state index in [9.17, 15) is 4.39 Å². The fraction of sp³-hybridized carbons (Fsp3) is 0.133. The predicted molar refractivity (Wildman–Crippen MR) is 78.0 cm³/mol. The Kier molecular flexibility index (Phi) is 3.87. The first-order valence-electron chi connectivity index (χ1n) is 5.74. The molecule has 0 saturated carbocycles. The molecule has 0 atom stereocenters. The van der Waals surface area contributed by atoms with E-state index in [1.165, 1.54) is 12.1 Å². The monoisotopic (exact) mass is 318 g/mol. The first-order valence-corrected chi connectivity index (χ1v) is 6.54. The Morgan fingerprint density at radius 3 is 2.37 bits per heavy atom. The highest BCUT2D eigenvalue weighted by Crippen LogP contribution is 2.29. The Morgan fingerprint density at radius 2 is 1.79 bits per heavy atom. The number of hydrogen-bond acceptors (Lipinski definition) is 2. The van der Waals surface area contributed by atoms with Crippen LogP contribution in [-0.2, 0) is 0 Å². The van der Waals surface area contributed by atoms with Crippen molar-refractivity contribution in [1.82, 2.24) is 0 Å². The van der Waals surface area contributed by atoms with Crippen molar-refractivity contribution in [3.05, 3.63) is 57.3 Å². The second-order valence-corrected chi connectivity index (χ2v) is 5.26. The molecule has 0 amide bonds. The summed E-state index contributed by atoms with van der Waals surface area (Å²) in [7, 11) is 0. The highest BCUT2D eigenvalue weighted by Gasteiger charge is 2.08. The van der Waals surface area contributed by atoms with Gasteiger partial charge in [0, 0.05) is 10.2 Å². The number of nitrogens with one attached hydrogen (secondary N) is 1. The molecular weight excluding hydrogens is 307 g/mol. The zero-order valence-corrected chi connectivity index (χ0v) is 12.2. The summed E-state index contributed by atoms with van der Waals surface area (Å²) in [6.07, 6.45) is 0. The van der Waals surface area contributed by atoms with E-state index in [1.807, 2.05) is 32.0 Å². The van der Waals surface area contributed by atoms with Crippen LogP contribution in [0.5, 0.6) is 0 Å². The molecule has 0 spiro atoms. The molecular formula is C15H12BrFN2. The SMILES string of the molecule is Cc1cc(Br)cc(C)c1Nc1ccc(F)cc1C#N. The van der Waals surface area contributed by atoms with Crippen molar-refractivity contribution in [3.8, 4) is 6.07 Å². The largest absolute Gasteiger partial charge is 0.354 e. The maximum atomic E-state index is 13.1. The lowest BCUT2D eigenvalue weighted by atomic mass is 10.1. The van der Waals surface area contributed by atoms with Crippen molar-refractivity contribution < 1.29 is 4.39 Å². The molecule has 19 heavy (non-hydrogen) atoms. The molecule has 4 heteroatoms. The molecule has 2 nitrogen and oxygen atoms in total. The number of anilines is 2. The van der Waals surface area contributed by atoms with E-state index in [0.29, 0.717) is 11.3 Å². The first-order chi connectivity index (χ1) is 9.01. The minimum Gasteiger partial charge on any atom is -0.354 e. The molecule has 0 aliphatic heterocycles. The van der Waals surface area contributed by atoms with Crippen molar-refractivity contribution >= 4 is 27.3 Å². The van der Waals surface area contributed by atoms with E-state index in [1.54, 1.807) is 6.07 Å². The van der Waals surface area contributed by atoms with E-state index >= 15 is 0 Å². The van der Waals surface area contributed by atoms with Crippen LogP contribution in [0.15, 0.2) is 34.8 Å². The number of rotatable bonds is 2. The number of aryl methyl sites for hydroxylation is 2. The Hall–Kier alpha value is -1.86. The van der Waals surface area contributed by atoms with Gasteiger partial charge in [-0.3, -0.25) is 0 Å². The Balaban J connectivity index is 2.45. The molecule has 96 valence electrons. The second-order valence-electron chi connectivity index (χ2n) is 4.34. The average molecular weight is 319 g/mol. The van der Waals surface area contributed by atoms with Crippen LogP contribution >= 0.6 is 15.9 Å². The Bertz CT molecular complexity index is 651. The third kappa shape index (κ3) is 2.94. The zero-order valence-electron chi connectivity index (χ0n) is 10.6. The minimum absolute atomic E-state index is 0.293. The van der Waals surface area contributed by atoms with Crippen molar-refractivity contribution in [2.24, 2.45) is 0 Å². The molecule has 0 saturated heterocycles. The fourth-order valence-corrected chi connectivity index (χ4v) is 2.65. The highest BCUT2D eigenvalue weighted by molar-refractivity contribution is 9.10. The summed E-state index contributed by atoms with van der Waals surface area (Å²) in [6, 6.07) is 10.1. The number of nitrogens with zero attached hydrogens (tertiary/aromatic N) is 1. The van der Waals surface area contributed by atoms with E-state index in [0.717, 1.165) is 21.3 Å². The lowest BCUT2D eigenvalue weighted by Gasteiger charge is -2.14. The van der Waals surface area contributed by atoms with Crippen LogP contribution in [0.4, 0.5) is 15.8 Å². The summed E-state index contributed by atoms with van der Waals surface area (Å²) in [5, 5.41) is 12.2. The van der Waals surface area contributed by atoms with Crippen molar-refractivity contribution in [2.45, 2.75) is 13.8 Å². The van der Waals surface area contributed by atoms with E-state index < -0.39 is 5.82 Å². The van der Waals surface area contributed by atoms with Crippen LogP contribution in [0.3, 0.4) is 0 Å². The topological polar surface area (TPSA) is 35.8 Å². The lowest BCUT2D eigenvalue weighted by Crippen LogP contribution is -1.99. The normalized spacial score (nSPS) is 10.1. The lowest BCUT2D eigenvalue weighted by molar-refractivity contribution is 0.627. The van der Waals surface area contributed by atoms with Crippen LogP contribution in [0.25, 0.3) is 0 Å². The summed E-state index contributed by atoms with van der Waals surface area (Å²) >= 11 is 3.44. The van der Waals surface area contributed by atoms with E-state index in [-0.39, 0.29) is 0 Å². The summed E-state index contributed by atoms with van der Waals surface area (Å²) in [6.45, 7) is 3.96. The predicted octanol–water partition coefficient (Wildman–Crippen LogP) is 4.82. The molecule has 2 aromatic rings. The average Bonchev–Trinajstić information content (AvgIpc) is 2.35. The number of halogens is 2.